The van der Waals surface area contributed by atoms with Crippen molar-refractivity contribution < 1.29 is 47.3 Å². The van der Waals surface area contributed by atoms with Gasteiger partial charge in [-0.1, -0.05) is 70.7 Å². The van der Waals surface area contributed by atoms with Crippen molar-refractivity contribution >= 4 is 49.7 Å². The molecule has 3 aromatic rings. The van der Waals surface area contributed by atoms with Crippen LogP contribution >= 0.6 is 11.8 Å². The maximum absolute atomic E-state index is 15.3. The van der Waals surface area contributed by atoms with Gasteiger partial charge in [-0.25, -0.2) is 18.4 Å². The van der Waals surface area contributed by atoms with Gasteiger partial charge in [-0.15, -0.1) is 11.8 Å². The minimum absolute atomic E-state index is 0.0637. The summed E-state index contributed by atoms with van der Waals surface area (Å²) < 4.78 is 42.3. The number of halogens is 2. The van der Waals surface area contributed by atoms with Gasteiger partial charge in [0.2, 0.25) is 11.8 Å². The van der Waals surface area contributed by atoms with Gasteiger partial charge in [-0.05, 0) is 68.5 Å². The average molecular weight is 873 g/mol. The largest absolute Gasteiger partial charge is 0.480 e. The van der Waals surface area contributed by atoms with Gasteiger partial charge < -0.3 is 34.7 Å². The van der Waals surface area contributed by atoms with E-state index < -0.39 is 66.7 Å². The molecule has 12 nitrogen and oxygen atoms in total. The van der Waals surface area contributed by atoms with Crippen molar-refractivity contribution in [3.05, 3.63) is 83.7 Å². The zero-order valence-corrected chi connectivity index (χ0v) is 38.2. The molecule has 0 unspecified atom stereocenters. The summed E-state index contributed by atoms with van der Waals surface area (Å²) in [6.07, 6.45) is 1.03. The Balaban J connectivity index is 1.93. The minimum atomic E-state index is -1.42. The van der Waals surface area contributed by atoms with E-state index in [2.05, 4.69) is 30.3 Å². The number of aromatic nitrogens is 1. The molecule has 2 aromatic carbocycles. The maximum Gasteiger partial charge on any atom is 0.407 e. The van der Waals surface area contributed by atoms with Crippen LogP contribution < -0.4 is 10.6 Å². The van der Waals surface area contributed by atoms with Crippen molar-refractivity contribution in [3.63, 3.8) is 0 Å². The first-order valence-corrected chi connectivity index (χ1v) is 25.0. The van der Waals surface area contributed by atoms with Crippen LogP contribution in [0.2, 0.25) is 25.7 Å². The van der Waals surface area contributed by atoms with Crippen LogP contribution in [0.5, 0.6) is 0 Å². The number of carboxylic acids is 1. The fourth-order valence-electron chi connectivity index (χ4n) is 6.35. The SMILES string of the molecule is CC(C)(C)OC(=O)CCC(=O)N[C@@H](CSCC(=O)N(CCCNC(=O)OCC[Si](C)(C)C)[C@@H](c1cc(-c2cc(F)ccc2F)cn1Cc1ccccc1)C(C)(C)C)C(=O)O. The lowest BCUT2D eigenvalue weighted by Crippen LogP contribution is -2.45. The third-order valence-corrected chi connectivity index (χ3v) is 11.9. The van der Waals surface area contributed by atoms with Crippen molar-refractivity contribution in [2.24, 2.45) is 5.41 Å². The second-order valence-corrected chi connectivity index (χ2v) is 24.7. The van der Waals surface area contributed by atoms with E-state index >= 15 is 4.39 Å². The van der Waals surface area contributed by atoms with E-state index in [0.29, 0.717) is 30.8 Å². The standard InChI is InChI=1S/C44H62F2N4O8SSi/c1-43(2,3)40(36-24-31(33-25-32(45)16-17-34(33)46)27-49(36)26-30-14-11-10-12-15-30)50(21-13-20-47-42(56)57-22-23-60(7,8)9)38(52)29-59-28-35(41(54)55)48-37(51)18-19-39(53)58-44(4,5)6/h10-12,14-17,24-25,27,35,40H,13,18-23,26,28-29H2,1-9H3,(H,47,56)(H,48,51)(H,54,55)/t35-,40-/m0/s1. The van der Waals surface area contributed by atoms with Crippen molar-refractivity contribution in [1.29, 1.82) is 0 Å². The second kappa shape index (κ2) is 22.2. The van der Waals surface area contributed by atoms with Gasteiger partial charge in [-0.3, -0.25) is 14.4 Å². The molecule has 0 bridgehead atoms. The topological polar surface area (TPSA) is 156 Å². The summed E-state index contributed by atoms with van der Waals surface area (Å²) in [5.41, 5.74) is 0.702. The van der Waals surface area contributed by atoms with Crippen molar-refractivity contribution in [1.82, 2.24) is 20.1 Å². The number of alkyl carbamates (subject to hydrolysis) is 1. The summed E-state index contributed by atoms with van der Waals surface area (Å²) in [7, 11) is -1.42. The van der Waals surface area contributed by atoms with E-state index in [-0.39, 0.29) is 48.9 Å². The lowest BCUT2D eigenvalue weighted by Gasteiger charge is -2.41. The molecule has 0 spiro atoms. The van der Waals surface area contributed by atoms with E-state index in [1.165, 1.54) is 0 Å². The van der Waals surface area contributed by atoms with Gasteiger partial charge in [0.25, 0.3) is 0 Å². The van der Waals surface area contributed by atoms with E-state index in [4.69, 9.17) is 9.47 Å². The van der Waals surface area contributed by atoms with E-state index in [1.54, 1.807) is 37.9 Å². The van der Waals surface area contributed by atoms with Crippen LogP contribution in [-0.2, 0) is 35.2 Å². The van der Waals surface area contributed by atoms with Gasteiger partial charge in [-0.2, -0.15) is 0 Å². The Kier molecular flexibility index (Phi) is 18.4. The number of carboxylic acid groups (broad SMARTS) is 1. The zero-order chi connectivity index (χ0) is 44.8. The van der Waals surface area contributed by atoms with Crippen LogP contribution in [0.25, 0.3) is 11.1 Å². The molecular weight excluding hydrogens is 811 g/mol. The molecule has 1 aromatic heterocycles. The molecular formula is C44H62F2N4O8SSi. The molecule has 2 atom stereocenters. The van der Waals surface area contributed by atoms with Gasteiger partial charge in [0.15, 0.2) is 0 Å². The lowest BCUT2D eigenvalue weighted by molar-refractivity contribution is -0.155. The zero-order valence-electron chi connectivity index (χ0n) is 36.4. The molecule has 0 aliphatic heterocycles. The summed E-state index contributed by atoms with van der Waals surface area (Å²) in [4.78, 5) is 65.6. The number of hydrogen-bond donors (Lipinski definition) is 3. The highest BCUT2D eigenvalue weighted by molar-refractivity contribution is 8.00. The fraction of sp³-hybridized carbons (Fsp3) is 0.523. The number of benzene rings is 2. The molecule has 0 aliphatic carbocycles. The molecule has 0 saturated heterocycles. The van der Waals surface area contributed by atoms with E-state index in [9.17, 15) is 33.5 Å². The molecule has 0 saturated carbocycles. The Morgan fingerprint density at radius 2 is 1.63 bits per heavy atom. The number of rotatable bonds is 21. The monoisotopic (exact) mass is 872 g/mol. The molecule has 1 heterocycles. The van der Waals surface area contributed by atoms with Crippen LogP contribution in [0.4, 0.5) is 13.6 Å². The summed E-state index contributed by atoms with van der Waals surface area (Å²) in [5.74, 6) is -4.40. The number of carbonyl (C=O) groups is 5. The highest BCUT2D eigenvalue weighted by Gasteiger charge is 2.37. The van der Waals surface area contributed by atoms with Crippen molar-refractivity contribution in [3.8, 4) is 11.1 Å². The van der Waals surface area contributed by atoms with Crippen LogP contribution in [-0.4, -0.2) is 95.3 Å². The molecule has 16 heteroatoms. The molecule has 0 aliphatic rings. The number of amides is 3. The van der Waals surface area contributed by atoms with E-state index in [1.807, 2.05) is 55.7 Å². The first-order chi connectivity index (χ1) is 27.9. The summed E-state index contributed by atoms with van der Waals surface area (Å²) in [5, 5.41) is 15.1. The Bertz CT molecular complexity index is 1920. The smallest absolute Gasteiger partial charge is 0.407 e. The first kappa shape index (κ1) is 49.7. The highest BCUT2D eigenvalue weighted by Crippen LogP contribution is 2.41. The number of nitrogens with one attached hydrogen (secondary N) is 2. The maximum atomic E-state index is 15.3. The number of ether oxygens (including phenoxy) is 2. The predicted molar refractivity (Wildman–Crippen MR) is 233 cm³/mol. The number of thioether (sulfide) groups is 1. The van der Waals surface area contributed by atoms with Crippen molar-refractivity contribution in [2.75, 3.05) is 31.2 Å². The third kappa shape index (κ3) is 17.1. The Morgan fingerprint density at radius 3 is 2.25 bits per heavy atom. The second-order valence-electron chi connectivity index (χ2n) is 18.0. The summed E-state index contributed by atoms with van der Waals surface area (Å²) >= 11 is 1.03. The minimum Gasteiger partial charge on any atom is -0.480 e. The third-order valence-electron chi connectivity index (χ3n) is 9.15. The molecule has 3 amide bonds. The lowest BCUT2D eigenvalue weighted by atomic mass is 9.83. The molecule has 0 fully saturated rings. The number of esters is 1. The van der Waals surface area contributed by atoms with Gasteiger partial charge in [0.1, 0.15) is 23.3 Å². The first-order valence-electron chi connectivity index (χ1n) is 20.1. The Hall–Kier alpha value is -4.70. The summed E-state index contributed by atoms with van der Waals surface area (Å²) in [6, 6.07) is 13.4. The molecule has 60 heavy (non-hydrogen) atoms. The molecule has 330 valence electrons. The average Bonchev–Trinajstić information content (AvgIpc) is 3.53. The van der Waals surface area contributed by atoms with Crippen LogP contribution in [0.15, 0.2) is 60.8 Å². The van der Waals surface area contributed by atoms with E-state index in [0.717, 1.165) is 41.6 Å². The van der Waals surface area contributed by atoms with Crippen LogP contribution in [0.1, 0.15) is 78.1 Å². The fourth-order valence-corrected chi connectivity index (χ4v) is 7.98. The molecule has 3 N–H and O–H groups in total. The van der Waals surface area contributed by atoms with Gasteiger partial charge in [0.05, 0.1) is 24.8 Å². The van der Waals surface area contributed by atoms with Crippen molar-refractivity contribution in [2.45, 2.75) is 111 Å². The number of nitrogens with zero attached hydrogens (tertiary/aromatic N) is 2. The highest BCUT2D eigenvalue weighted by atomic mass is 32.2. The predicted octanol–water partition coefficient (Wildman–Crippen LogP) is 8.28. The normalized spacial score (nSPS) is 12.9. The van der Waals surface area contributed by atoms with Crippen LogP contribution in [0.3, 0.4) is 0 Å². The van der Waals surface area contributed by atoms with Gasteiger partial charge in [0, 0.05) is 62.9 Å². The number of carbonyl (C=O) groups excluding carboxylic acids is 4. The molecule has 3 rings (SSSR count). The van der Waals surface area contributed by atoms with Gasteiger partial charge >= 0.3 is 18.0 Å². The quantitative estimate of drug-likeness (QED) is 0.0545. The van der Waals surface area contributed by atoms with Crippen LogP contribution in [0, 0.1) is 17.0 Å². The number of aliphatic carboxylic acids is 1. The summed E-state index contributed by atoms with van der Waals surface area (Å²) in [6.45, 7) is 18.6. The number of hydrogen-bond acceptors (Lipinski definition) is 8. The Labute approximate surface area is 358 Å². The molecule has 0 radical (unpaired) electrons. The Morgan fingerprint density at radius 1 is 0.950 bits per heavy atom.